The molecule has 1 unspecified atom stereocenters. The zero-order valence-electron chi connectivity index (χ0n) is 8.82. The van der Waals surface area contributed by atoms with E-state index >= 15 is 0 Å². The largest absolute Gasteiger partial charge is 0.480 e. The Hall–Kier alpha value is -0.910. The Morgan fingerprint density at radius 1 is 1.50 bits per heavy atom. The first kappa shape index (κ1) is 13.2. The van der Waals surface area contributed by atoms with Gasteiger partial charge >= 0.3 is 5.97 Å². The Balaban J connectivity index is 2.26. The van der Waals surface area contributed by atoms with Crippen LogP contribution in [0.1, 0.15) is 12.0 Å². The summed E-state index contributed by atoms with van der Waals surface area (Å²) in [7, 11) is 0. The second-order valence-corrected chi connectivity index (χ2v) is 4.36. The van der Waals surface area contributed by atoms with Gasteiger partial charge in [-0.05, 0) is 24.6 Å². The van der Waals surface area contributed by atoms with Crippen LogP contribution in [0.25, 0.3) is 0 Å². The maximum atomic E-state index is 10.5. The number of halogens is 1. The Morgan fingerprint density at radius 2 is 2.19 bits per heavy atom. The summed E-state index contributed by atoms with van der Waals surface area (Å²) in [5.74, 6) is -0.956. The average Bonchev–Trinajstić information content (AvgIpc) is 2.26. The number of nitrogens with one attached hydrogen (secondary N) is 1. The van der Waals surface area contributed by atoms with Crippen LogP contribution >= 0.6 is 15.9 Å². The highest BCUT2D eigenvalue weighted by molar-refractivity contribution is 9.10. The Kier molecular flexibility index (Phi) is 5.45. The molecule has 0 saturated heterocycles. The first-order valence-electron chi connectivity index (χ1n) is 5.03. The fraction of sp³-hybridized carbons (Fsp3) is 0.364. The van der Waals surface area contributed by atoms with E-state index in [0.717, 1.165) is 10.0 Å². The molecule has 1 aromatic rings. The van der Waals surface area contributed by atoms with E-state index in [1.807, 2.05) is 24.3 Å². The molecular weight excluding hydrogens is 272 g/mol. The highest BCUT2D eigenvalue weighted by atomic mass is 79.9. The molecule has 0 bridgehead atoms. The number of hydrogen-bond donors (Lipinski definition) is 3. The summed E-state index contributed by atoms with van der Waals surface area (Å²) in [5.41, 5.74) is 6.52. The third kappa shape index (κ3) is 4.30. The molecule has 0 spiro atoms. The standard InChI is InChI=1S/C11H15BrN2O2/c12-9-4-2-1-3-8(9)7-14-6-5-10(13)11(15)16/h1-4,10,14H,5-7,13H2,(H,15,16). The van der Waals surface area contributed by atoms with Crippen molar-refractivity contribution in [3.05, 3.63) is 34.3 Å². The lowest BCUT2D eigenvalue weighted by atomic mass is 10.2. The third-order valence-corrected chi connectivity index (χ3v) is 3.00. The van der Waals surface area contributed by atoms with E-state index < -0.39 is 12.0 Å². The van der Waals surface area contributed by atoms with Crippen molar-refractivity contribution in [2.24, 2.45) is 5.73 Å². The molecule has 1 aromatic carbocycles. The zero-order chi connectivity index (χ0) is 12.0. The van der Waals surface area contributed by atoms with Gasteiger partial charge in [-0.25, -0.2) is 0 Å². The molecule has 0 heterocycles. The number of rotatable bonds is 6. The maximum Gasteiger partial charge on any atom is 0.320 e. The fourth-order valence-electron chi connectivity index (χ4n) is 1.25. The predicted molar refractivity (Wildman–Crippen MR) is 66.1 cm³/mol. The molecule has 0 radical (unpaired) electrons. The van der Waals surface area contributed by atoms with Gasteiger partial charge in [-0.1, -0.05) is 34.1 Å². The van der Waals surface area contributed by atoms with Crippen LogP contribution in [-0.4, -0.2) is 23.7 Å². The number of hydrogen-bond acceptors (Lipinski definition) is 3. The van der Waals surface area contributed by atoms with E-state index in [-0.39, 0.29) is 0 Å². The van der Waals surface area contributed by atoms with Crippen molar-refractivity contribution in [1.82, 2.24) is 5.32 Å². The van der Waals surface area contributed by atoms with Crippen molar-refractivity contribution in [3.8, 4) is 0 Å². The quantitative estimate of drug-likeness (QED) is 0.690. The van der Waals surface area contributed by atoms with Crippen molar-refractivity contribution in [1.29, 1.82) is 0 Å². The minimum atomic E-state index is -0.956. The lowest BCUT2D eigenvalue weighted by Gasteiger charge is -2.08. The third-order valence-electron chi connectivity index (χ3n) is 2.22. The molecule has 4 N–H and O–H groups in total. The monoisotopic (exact) mass is 286 g/mol. The van der Waals surface area contributed by atoms with Crippen LogP contribution in [0, 0.1) is 0 Å². The molecule has 5 heteroatoms. The molecule has 1 atom stereocenters. The molecular formula is C11H15BrN2O2. The van der Waals surface area contributed by atoms with Gasteiger partial charge in [-0.2, -0.15) is 0 Å². The second kappa shape index (κ2) is 6.62. The topological polar surface area (TPSA) is 75.3 Å². The van der Waals surface area contributed by atoms with Crippen LogP contribution in [0.4, 0.5) is 0 Å². The van der Waals surface area contributed by atoms with Crippen LogP contribution in [0.3, 0.4) is 0 Å². The molecule has 0 aromatic heterocycles. The zero-order valence-corrected chi connectivity index (χ0v) is 10.4. The molecule has 0 aliphatic rings. The molecule has 4 nitrogen and oxygen atoms in total. The smallest absolute Gasteiger partial charge is 0.320 e. The summed E-state index contributed by atoms with van der Waals surface area (Å²) in [6, 6.07) is 7.11. The molecule has 1 rings (SSSR count). The molecule has 0 saturated carbocycles. The van der Waals surface area contributed by atoms with Crippen LogP contribution < -0.4 is 11.1 Å². The first-order valence-corrected chi connectivity index (χ1v) is 5.83. The molecule has 16 heavy (non-hydrogen) atoms. The van der Waals surface area contributed by atoms with Crippen molar-refractivity contribution in [3.63, 3.8) is 0 Å². The lowest BCUT2D eigenvalue weighted by Crippen LogP contribution is -2.33. The second-order valence-electron chi connectivity index (χ2n) is 3.50. The van der Waals surface area contributed by atoms with Gasteiger partial charge in [0.05, 0.1) is 0 Å². The van der Waals surface area contributed by atoms with Crippen LogP contribution in [0.15, 0.2) is 28.7 Å². The van der Waals surface area contributed by atoms with Gasteiger partial charge in [0, 0.05) is 11.0 Å². The summed E-state index contributed by atoms with van der Waals surface area (Å²) < 4.78 is 1.05. The Labute approximate surface area is 103 Å². The van der Waals surface area contributed by atoms with Gasteiger partial charge in [-0.3, -0.25) is 4.79 Å². The lowest BCUT2D eigenvalue weighted by molar-refractivity contribution is -0.138. The number of carboxylic acids is 1. The number of nitrogens with two attached hydrogens (primary N) is 1. The summed E-state index contributed by atoms with van der Waals surface area (Å²) >= 11 is 3.44. The summed E-state index contributed by atoms with van der Waals surface area (Å²) in [4.78, 5) is 10.5. The SMILES string of the molecule is NC(CCNCc1ccccc1Br)C(=O)O. The first-order chi connectivity index (χ1) is 7.61. The van der Waals surface area contributed by atoms with Gasteiger partial charge < -0.3 is 16.2 Å². The minimum Gasteiger partial charge on any atom is -0.480 e. The van der Waals surface area contributed by atoms with E-state index in [1.54, 1.807) is 0 Å². The highest BCUT2D eigenvalue weighted by Gasteiger charge is 2.09. The van der Waals surface area contributed by atoms with E-state index in [9.17, 15) is 4.79 Å². The van der Waals surface area contributed by atoms with Gasteiger partial charge in [0.2, 0.25) is 0 Å². The van der Waals surface area contributed by atoms with Crippen LogP contribution in [0.2, 0.25) is 0 Å². The molecule has 0 fully saturated rings. The Bertz CT molecular complexity index is 358. The van der Waals surface area contributed by atoms with E-state index in [4.69, 9.17) is 10.8 Å². The number of carboxylic acid groups (broad SMARTS) is 1. The highest BCUT2D eigenvalue weighted by Crippen LogP contribution is 2.15. The number of carbonyl (C=O) groups is 1. The van der Waals surface area contributed by atoms with Gasteiger partial charge in [0.1, 0.15) is 6.04 Å². The van der Waals surface area contributed by atoms with Crippen LogP contribution in [-0.2, 0) is 11.3 Å². The molecule has 0 aliphatic heterocycles. The predicted octanol–water partition coefficient (Wildman–Crippen LogP) is 1.34. The normalized spacial score (nSPS) is 12.4. The van der Waals surface area contributed by atoms with Crippen molar-refractivity contribution in [2.45, 2.75) is 19.0 Å². The van der Waals surface area contributed by atoms with Gasteiger partial charge in [0.15, 0.2) is 0 Å². The van der Waals surface area contributed by atoms with Crippen molar-refractivity contribution in [2.75, 3.05) is 6.54 Å². The van der Waals surface area contributed by atoms with E-state index in [1.165, 1.54) is 0 Å². The van der Waals surface area contributed by atoms with Gasteiger partial charge in [0.25, 0.3) is 0 Å². The van der Waals surface area contributed by atoms with Crippen molar-refractivity contribution >= 4 is 21.9 Å². The molecule has 88 valence electrons. The van der Waals surface area contributed by atoms with Gasteiger partial charge in [-0.15, -0.1) is 0 Å². The summed E-state index contributed by atoms with van der Waals surface area (Å²) in [6.45, 7) is 1.29. The fourth-order valence-corrected chi connectivity index (χ4v) is 1.67. The van der Waals surface area contributed by atoms with E-state index in [0.29, 0.717) is 19.5 Å². The van der Waals surface area contributed by atoms with Crippen LogP contribution in [0.5, 0.6) is 0 Å². The maximum absolute atomic E-state index is 10.5. The summed E-state index contributed by atoms with van der Waals surface area (Å²) in [6.07, 6.45) is 0.430. The average molecular weight is 287 g/mol. The summed E-state index contributed by atoms with van der Waals surface area (Å²) in [5, 5.41) is 11.7. The van der Waals surface area contributed by atoms with E-state index in [2.05, 4.69) is 21.2 Å². The minimum absolute atomic E-state index is 0.430. The van der Waals surface area contributed by atoms with Crippen molar-refractivity contribution < 1.29 is 9.90 Å². The Morgan fingerprint density at radius 3 is 2.81 bits per heavy atom. The molecule has 0 aliphatic carbocycles. The number of benzene rings is 1. The molecule has 0 amide bonds. The number of aliphatic carboxylic acids is 1.